The molecule has 1 fully saturated rings. The Kier molecular flexibility index (Phi) is 3.12. The van der Waals surface area contributed by atoms with Gasteiger partial charge in [0.25, 0.3) is 5.78 Å². The van der Waals surface area contributed by atoms with Crippen molar-refractivity contribution in [1.82, 2.24) is 24.6 Å². The smallest absolute Gasteiger partial charge is 0.255 e. The van der Waals surface area contributed by atoms with Crippen molar-refractivity contribution >= 4 is 39.7 Å². The van der Waals surface area contributed by atoms with Crippen molar-refractivity contribution in [3.8, 4) is 0 Å². The van der Waals surface area contributed by atoms with Crippen LogP contribution in [0.5, 0.6) is 0 Å². The lowest BCUT2D eigenvalue weighted by Gasteiger charge is -2.35. The van der Waals surface area contributed by atoms with Crippen LogP contribution in [0.15, 0.2) is 24.0 Å². The van der Waals surface area contributed by atoms with Gasteiger partial charge in [0.15, 0.2) is 5.13 Å². The molecule has 0 amide bonds. The monoisotopic (exact) mass is 321 g/mol. The Morgan fingerprint density at radius 2 is 1.90 bits per heavy atom. The molecule has 0 unspecified atom stereocenters. The molecule has 21 heavy (non-hydrogen) atoms. The second-order valence-corrected chi connectivity index (χ2v) is 5.96. The van der Waals surface area contributed by atoms with Gasteiger partial charge in [0.2, 0.25) is 0 Å². The highest BCUT2D eigenvalue weighted by Crippen LogP contribution is 2.23. The van der Waals surface area contributed by atoms with Crippen LogP contribution >= 0.6 is 22.9 Å². The van der Waals surface area contributed by atoms with Crippen LogP contribution in [0.4, 0.5) is 10.9 Å². The van der Waals surface area contributed by atoms with Gasteiger partial charge in [0, 0.05) is 43.8 Å². The van der Waals surface area contributed by atoms with E-state index in [1.807, 2.05) is 17.6 Å². The number of aromatic nitrogens is 5. The molecule has 4 heterocycles. The van der Waals surface area contributed by atoms with E-state index in [-0.39, 0.29) is 0 Å². The van der Waals surface area contributed by atoms with Crippen molar-refractivity contribution in [2.75, 3.05) is 36.0 Å². The quantitative estimate of drug-likeness (QED) is 0.668. The largest absolute Gasteiger partial charge is 0.353 e. The summed E-state index contributed by atoms with van der Waals surface area (Å²) in [7, 11) is 0. The molecule has 1 aliphatic heterocycles. The summed E-state index contributed by atoms with van der Waals surface area (Å²) in [5, 5.41) is 7.74. The molecule has 0 bridgehead atoms. The highest BCUT2D eigenvalue weighted by atomic mass is 35.5. The fraction of sp³-hybridized carbons (Fsp3) is 0.333. The molecule has 1 aliphatic rings. The van der Waals surface area contributed by atoms with Gasteiger partial charge in [-0.15, -0.1) is 11.3 Å². The van der Waals surface area contributed by atoms with Gasteiger partial charge in [-0.3, -0.25) is 0 Å². The normalized spacial score (nSPS) is 15.9. The number of rotatable bonds is 2. The average molecular weight is 322 g/mol. The Bertz CT molecular complexity index is 748. The zero-order chi connectivity index (χ0) is 14.2. The van der Waals surface area contributed by atoms with Crippen LogP contribution in [0.3, 0.4) is 0 Å². The lowest BCUT2D eigenvalue weighted by Crippen LogP contribution is -2.47. The number of hydrogen-bond donors (Lipinski definition) is 0. The van der Waals surface area contributed by atoms with E-state index in [1.54, 1.807) is 15.9 Å². The Balaban J connectivity index is 1.59. The number of thiazole rings is 1. The molecule has 0 radical (unpaired) electrons. The number of halogens is 1. The first-order valence-corrected chi connectivity index (χ1v) is 7.83. The average Bonchev–Trinajstić information content (AvgIpc) is 3.17. The Morgan fingerprint density at radius 1 is 1.10 bits per heavy atom. The van der Waals surface area contributed by atoms with Gasteiger partial charge in [-0.25, -0.2) is 4.98 Å². The molecule has 0 aliphatic carbocycles. The van der Waals surface area contributed by atoms with Crippen LogP contribution in [-0.2, 0) is 0 Å². The topological polar surface area (TPSA) is 62.5 Å². The van der Waals surface area contributed by atoms with E-state index >= 15 is 0 Å². The third-order valence-electron chi connectivity index (χ3n) is 3.50. The maximum absolute atomic E-state index is 6.07. The van der Waals surface area contributed by atoms with Gasteiger partial charge in [-0.2, -0.15) is 19.6 Å². The van der Waals surface area contributed by atoms with Crippen LogP contribution < -0.4 is 9.80 Å². The maximum atomic E-state index is 6.07. The predicted octanol–water partition coefficient (Wildman–Crippen LogP) is 1.56. The summed E-state index contributed by atoms with van der Waals surface area (Å²) in [6.07, 6.45) is 3.34. The fourth-order valence-electron chi connectivity index (χ4n) is 2.49. The zero-order valence-electron chi connectivity index (χ0n) is 11.1. The zero-order valence-corrected chi connectivity index (χ0v) is 12.6. The van der Waals surface area contributed by atoms with Crippen molar-refractivity contribution < 1.29 is 0 Å². The Labute approximate surface area is 129 Å². The van der Waals surface area contributed by atoms with Gasteiger partial charge in [0.05, 0.1) is 0 Å². The first kappa shape index (κ1) is 12.8. The third-order valence-corrected chi connectivity index (χ3v) is 4.52. The van der Waals surface area contributed by atoms with E-state index in [2.05, 4.69) is 29.9 Å². The highest BCUT2D eigenvalue weighted by molar-refractivity contribution is 7.13. The Morgan fingerprint density at radius 3 is 2.67 bits per heavy atom. The molecule has 3 aromatic heterocycles. The summed E-state index contributed by atoms with van der Waals surface area (Å²) in [6.45, 7) is 3.61. The van der Waals surface area contributed by atoms with Gasteiger partial charge >= 0.3 is 0 Å². The van der Waals surface area contributed by atoms with E-state index in [1.165, 1.54) is 6.33 Å². The van der Waals surface area contributed by atoms with Crippen molar-refractivity contribution in [2.24, 2.45) is 0 Å². The molecular formula is C12H12ClN7S. The summed E-state index contributed by atoms with van der Waals surface area (Å²) in [5.41, 5.74) is 0. The number of nitrogens with zero attached hydrogens (tertiary/aromatic N) is 7. The highest BCUT2D eigenvalue weighted by Gasteiger charge is 2.21. The summed E-state index contributed by atoms with van der Waals surface area (Å²) in [6, 6.07) is 1.84. The second kappa shape index (κ2) is 5.12. The number of hydrogen-bond acceptors (Lipinski definition) is 7. The van der Waals surface area contributed by atoms with Gasteiger partial charge in [-0.05, 0) is 0 Å². The van der Waals surface area contributed by atoms with E-state index in [0.29, 0.717) is 10.9 Å². The summed E-state index contributed by atoms with van der Waals surface area (Å²) >= 11 is 7.74. The molecular weight excluding hydrogens is 310 g/mol. The molecule has 0 N–H and O–H groups in total. The SMILES string of the molecule is Clc1cc(N2CCN(c3nccs3)CC2)n2ncnc2n1. The van der Waals surface area contributed by atoms with E-state index in [0.717, 1.165) is 37.1 Å². The molecule has 9 heteroatoms. The minimum Gasteiger partial charge on any atom is -0.353 e. The molecule has 0 spiro atoms. The molecule has 4 rings (SSSR count). The molecule has 0 atom stereocenters. The molecule has 1 saturated heterocycles. The number of piperazine rings is 1. The predicted molar refractivity (Wildman–Crippen MR) is 82.3 cm³/mol. The minimum atomic E-state index is 0.438. The van der Waals surface area contributed by atoms with Crippen molar-refractivity contribution in [3.63, 3.8) is 0 Å². The number of anilines is 2. The second-order valence-electron chi connectivity index (χ2n) is 4.70. The molecule has 3 aromatic rings. The van der Waals surface area contributed by atoms with Crippen molar-refractivity contribution in [2.45, 2.75) is 0 Å². The summed E-state index contributed by atoms with van der Waals surface area (Å²) in [4.78, 5) is 17.2. The van der Waals surface area contributed by atoms with Gasteiger partial charge in [-0.1, -0.05) is 11.6 Å². The van der Waals surface area contributed by atoms with Crippen LogP contribution in [0, 0.1) is 0 Å². The Hall–Kier alpha value is -1.93. The number of fused-ring (bicyclic) bond motifs is 1. The lowest BCUT2D eigenvalue weighted by atomic mass is 10.3. The van der Waals surface area contributed by atoms with Crippen LogP contribution in [0.25, 0.3) is 5.78 Å². The standard InChI is InChI=1S/C12H12ClN7S/c13-9-7-10(20-11(17-9)15-8-16-20)18-2-4-19(5-3-18)12-14-1-6-21-12/h1,6-8H,2-5H2. The maximum Gasteiger partial charge on any atom is 0.255 e. The first-order valence-electron chi connectivity index (χ1n) is 6.57. The van der Waals surface area contributed by atoms with E-state index < -0.39 is 0 Å². The fourth-order valence-corrected chi connectivity index (χ4v) is 3.36. The van der Waals surface area contributed by atoms with Crippen LogP contribution in [0.2, 0.25) is 5.15 Å². The third kappa shape index (κ3) is 2.30. The molecule has 108 valence electrons. The summed E-state index contributed by atoms with van der Waals surface area (Å²) in [5.74, 6) is 1.46. The summed E-state index contributed by atoms with van der Waals surface area (Å²) < 4.78 is 1.73. The van der Waals surface area contributed by atoms with Crippen LogP contribution in [0.1, 0.15) is 0 Å². The van der Waals surface area contributed by atoms with E-state index in [9.17, 15) is 0 Å². The molecule has 0 saturated carbocycles. The van der Waals surface area contributed by atoms with E-state index in [4.69, 9.17) is 11.6 Å². The molecule has 0 aromatic carbocycles. The van der Waals surface area contributed by atoms with Crippen LogP contribution in [-0.4, -0.2) is 50.7 Å². The van der Waals surface area contributed by atoms with Gasteiger partial charge in [0.1, 0.15) is 17.3 Å². The molecule has 7 nitrogen and oxygen atoms in total. The van der Waals surface area contributed by atoms with Crippen molar-refractivity contribution in [3.05, 3.63) is 29.1 Å². The van der Waals surface area contributed by atoms with Gasteiger partial charge < -0.3 is 9.80 Å². The minimum absolute atomic E-state index is 0.438. The lowest BCUT2D eigenvalue weighted by molar-refractivity contribution is 0.637. The first-order chi connectivity index (χ1) is 10.3. The van der Waals surface area contributed by atoms with Crippen molar-refractivity contribution in [1.29, 1.82) is 0 Å².